The average molecular weight is 200 g/mol. The van der Waals surface area contributed by atoms with Gasteiger partial charge in [-0.3, -0.25) is 5.43 Å². The van der Waals surface area contributed by atoms with Crippen LogP contribution in [0.1, 0.15) is 19.3 Å². The van der Waals surface area contributed by atoms with Gasteiger partial charge in [0.25, 0.3) is 0 Å². The molecule has 82 valence electrons. The van der Waals surface area contributed by atoms with E-state index in [9.17, 15) is 0 Å². The molecule has 2 aliphatic heterocycles. The number of ether oxygens (including phenoxy) is 2. The van der Waals surface area contributed by atoms with E-state index in [1.54, 1.807) is 0 Å². The molecule has 0 amide bonds. The predicted octanol–water partition coefficient (Wildman–Crippen LogP) is 0.392. The van der Waals surface area contributed by atoms with Gasteiger partial charge in [0.15, 0.2) is 0 Å². The molecule has 0 aromatic carbocycles. The first kappa shape index (κ1) is 10.4. The number of nitrogens with one attached hydrogen (secondary N) is 1. The highest BCUT2D eigenvalue weighted by atomic mass is 16.5. The van der Waals surface area contributed by atoms with Crippen LogP contribution in [0.2, 0.25) is 0 Å². The van der Waals surface area contributed by atoms with Gasteiger partial charge in [0.05, 0.1) is 13.2 Å². The minimum absolute atomic E-state index is 0.607. The van der Waals surface area contributed by atoms with E-state index >= 15 is 0 Å². The van der Waals surface area contributed by atoms with Crippen LogP contribution in [-0.4, -0.2) is 50.6 Å². The van der Waals surface area contributed by atoms with Gasteiger partial charge in [-0.05, 0) is 19.3 Å². The molecule has 1 unspecified atom stereocenters. The van der Waals surface area contributed by atoms with Crippen LogP contribution < -0.4 is 5.43 Å². The molecule has 1 atom stereocenters. The van der Waals surface area contributed by atoms with Crippen molar-refractivity contribution >= 4 is 0 Å². The van der Waals surface area contributed by atoms with Crippen molar-refractivity contribution in [3.05, 3.63) is 0 Å². The van der Waals surface area contributed by atoms with Crippen molar-refractivity contribution in [1.82, 2.24) is 10.4 Å². The molecule has 0 saturated carbocycles. The number of hydrazine groups is 1. The fourth-order valence-corrected chi connectivity index (χ4v) is 1.98. The van der Waals surface area contributed by atoms with Crippen molar-refractivity contribution in [2.24, 2.45) is 0 Å². The Hall–Kier alpha value is -0.160. The van der Waals surface area contributed by atoms with E-state index in [1.165, 1.54) is 12.8 Å². The second-order valence-corrected chi connectivity index (χ2v) is 3.97. The maximum Gasteiger partial charge on any atom is 0.0608 e. The monoisotopic (exact) mass is 200 g/mol. The Kier molecular flexibility index (Phi) is 4.19. The zero-order chi connectivity index (χ0) is 9.64. The highest BCUT2D eigenvalue weighted by Crippen LogP contribution is 2.09. The molecule has 4 heteroatoms. The third-order valence-corrected chi connectivity index (χ3v) is 2.83. The summed E-state index contributed by atoms with van der Waals surface area (Å²) in [4.78, 5) is 0. The summed E-state index contributed by atoms with van der Waals surface area (Å²) in [6.45, 7) is 5.57. The van der Waals surface area contributed by atoms with E-state index < -0.39 is 0 Å². The number of nitrogens with zero attached hydrogens (tertiary/aromatic N) is 1. The fraction of sp³-hybridized carbons (Fsp3) is 1.00. The fourth-order valence-electron chi connectivity index (χ4n) is 1.98. The molecule has 2 saturated heterocycles. The molecule has 2 fully saturated rings. The number of morpholine rings is 1. The summed E-state index contributed by atoms with van der Waals surface area (Å²) in [5, 5.41) is 2.29. The summed E-state index contributed by atoms with van der Waals surface area (Å²) in [7, 11) is 0. The highest BCUT2D eigenvalue weighted by Gasteiger charge is 2.17. The molecular weight excluding hydrogens is 180 g/mol. The molecule has 0 aromatic heterocycles. The van der Waals surface area contributed by atoms with Crippen LogP contribution in [-0.2, 0) is 9.47 Å². The molecule has 0 aliphatic carbocycles. The molecule has 2 heterocycles. The minimum atomic E-state index is 0.607. The third kappa shape index (κ3) is 3.20. The topological polar surface area (TPSA) is 33.7 Å². The van der Waals surface area contributed by atoms with Gasteiger partial charge in [0.2, 0.25) is 0 Å². The molecular formula is C10H20N2O2. The minimum Gasteiger partial charge on any atom is -0.381 e. The van der Waals surface area contributed by atoms with E-state index in [4.69, 9.17) is 9.47 Å². The molecule has 0 radical (unpaired) electrons. The van der Waals surface area contributed by atoms with Gasteiger partial charge in [-0.25, -0.2) is 5.01 Å². The molecule has 2 aliphatic rings. The first-order valence-corrected chi connectivity index (χ1v) is 5.62. The molecule has 0 spiro atoms. The SMILES string of the molecule is C1COCCC(NN2CCOCC2)C1. The maximum absolute atomic E-state index is 5.43. The van der Waals surface area contributed by atoms with Gasteiger partial charge < -0.3 is 9.47 Å². The summed E-state index contributed by atoms with van der Waals surface area (Å²) in [6, 6.07) is 0.607. The van der Waals surface area contributed by atoms with Crippen molar-refractivity contribution in [3.8, 4) is 0 Å². The maximum atomic E-state index is 5.43. The lowest BCUT2D eigenvalue weighted by Crippen LogP contribution is -2.50. The van der Waals surface area contributed by atoms with Crippen molar-refractivity contribution in [3.63, 3.8) is 0 Å². The summed E-state index contributed by atoms with van der Waals surface area (Å²) < 4.78 is 10.7. The summed E-state index contributed by atoms with van der Waals surface area (Å²) in [5.74, 6) is 0. The predicted molar refractivity (Wildman–Crippen MR) is 54.0 cm³/mol. The largest absolute Gasteiger partial charge is 0.381 e. The molecule has 0 aromatic rings. The quantitative estimate of drug-likeness (QED) is 0.699. The Morgan fingerprint density at radius 3 is 2.57 bits per heavy atom. The lowest BCUT2D eigenvalue weighted by molar-refractivity contribution is 0.00185. The Labute approximate surface area is 85.5 Å². The first-order chi connectivity index (χ1) is 6.95. The second kappa shape index (κ2) is 5.66. The van der Waals surface area contributed by atoms with Crippen molar-refractivity contribution in [2.75, 3.05) is 39.5 Å². The summed E-state index contributed by atoms with van der Waals surface area (Å²) in [6.07, 6.45) is 3.55. The lowest BCUT2D eigenvalue weighted by atomic mass is 10.1. The molecule has 1 N–H and O–H groups in total. The smallest absolute Gasteiger partial charge is 0.0608 e. The van der Waals surface area contributed by atoms with Crippen LogP contribution in [0.4, 0.5) is 0 Å². The molecule has 0 bridgehead atoms. The van der Waals surface area contributed by atoms with Crippen molar-refractivity contribution in [1.29, 1.82) is 0 Å². The van der Waals surface area contributed by atoms with E-state index in [0.29, 0.717) is 6.04 Å². The summed E-state index contributed by atoms with van der Waals surface area (Å²) >= 11 is 0. The van der Waals surface area contributed by atoms with Gasteiger partial charge in [0.1, 0.15) is 0 Å². The van der Waals surface area contributed by atoms with Crippen LogP contribution in [0, 0.1) is 0 Å². The highest BCUT2D eigenvalue weighted by molar-refractivity contribution is 4.69. The average Bonchev–Trinajstić information content (AvgIpc) is 2.48. The second-order valence-electron chi connectivity index (χ2n) is 3.97. The van der Waals surface area contributed by atoms with E-state index in [2.05, 4.69) is 10.4 Å². The van der Waals surface area contributed by atoms with Gasteiger partial charge in [-0.15, -0.1) is 0 Å². The van der Waals surface area contributed by atoms with E-state index in [-0.39, 0.29) is 0 Å². The lowest BCUT2D eigenvalue weighted by Gasteiger charge is -2.31. The Morgan fingerprint density at radius 2 is 1.71 bits per heavy atom. The van der Waals surface area contributed by atoms with Crippen molar-refractivity contribution < 1.29 is 9.47 Å². The van der Waals surface area contributed by atoms with Gasteiger partial charge in [0, 0.05) is 32.3 Å². The Balaban J connectivity index is 1.71. The Morgan fingerprint density at radius 1 is 0.929 bits per heavy atom. The van der Waals surface area contributed by atoms with Crippen LogP contribution in [0.15, 0.2) is 0 Å². The number of hydrogen-bond donors (Lipinski definition) is 1. The van der Waals surface area contributed by atoms with Gasteiger partial charge in [-0.1, -0.05) is 0 Å². The summed E-state index contributed by atoms with van der Waals surface area (Å²) in [5.41, 5.74) is 3.57. The van der Waals surface area contributed by atoms with Gasteiger partial charge in [-0.2, -0.15) is 0 Å². The van der Waals surface area contributed by atoms with Crippen LogP contribution in [0.5, 0.6) is 0 Å². The van der Waals surface area contributed by atoms with Crippen molar-refractivity contribution in [2.45, 2.75) is 25.3 Å². The zero-order valence-corrected chi connectivity index (χ0v) is 8.71. The van der Waals surface area contributed by atoms with Gasteiger partial charge >= 0.3 is 0 Å². The zero-order valence-electron chi connectivity index (χ0n) is 8.71. The number of rotatable bonds is 2. The molecule has 4 nitrogen and oxygen atoms in total. The number of hydrogen-bond acceptors (Lipinski definition) is 4. The van der Waals surface area contributed by atoms with Crippen LogP contribution in [0.3, 0.4) is 0 Å². The molecule has 14 heavy (non-hydrogen) atoms. The third-order valence-electron chi connectivity index (χ3n) is 2.83. The van der Waals surface area contributed by atoms with Crippen LogP contribution in [0.25, 0.3) is 0 Å². The first-order valence-electron chi connectivity index (χ1n) is 5.62. The molecule has 2 rings (SSSR count). The normalized spacial score (nSPS) is 31.3. The Bertz CT molecular complexity index is 152. The van der Waals surface area contributed by atoms with E-state index in [0.717, 1.165) is 45.9 Å². The van der Waals surface area contributed by atoms with Crippen LogP contribution >= 0.6 is 0 Å². The standard InChI is InChI=1S/C10H20N2O2/c1-2-10(3-7-13-6-1)11-12-4-8-14-9-5-12/h10-11H,1-9H2. The van der Waals surface area contributed by atoms with E-state index in [1.807, 2.05) is 0 Å².